The SMILES string of the molecule is CCCNC(C(C)CCOC)C1CCC(C)(C)CC1. The first-order valence-electron chi connectivity index (χ1n) is 8.22. The molecule has 0 amide bonds. The van der Waals surface area contributed by atoms with Gasteiger partial charge in [-0.2, -0.15) is 0 Å². The molecule has 1 aliphatic rings. The van der Waals surface area contributed by atoms with Crippen molar-refractivity contribution in [3.8, 4) is 0 Å². The molecule has 2 unspecified atom stereocenters. The van der Waals surface area contributed by atoms with Gasteiger partial charge in [-0.05, 0) is 62.3 Å². The van der Waals surface area contributed by atoms with E-state index in [0.717, 1.165) is 25.0 Å². The van der Waals surface area contributed by atoms with Crippen molar-refractivity contribution in [1.29, 1.82) is 0 Å². The minimum absolute atomic E-state index is 0.571. The third kappa shape index (κ3) is 5.83. The van der Waals surface area contributed by atoms with Gasteiger partial charge in [0.25, 0.3) is 0 Å². The van der Waals surface area contributed by atoms with E-state index in [1.165, 1.54) is 38.5 Å². The highest BCUT2D eigenvalue weighted by molar-refractivity contribution is 4.87. The van der Waals surface area contributed by atoms with E-state index < -0.39 is 0 Å². The van der Waals surface area contributed by atoms with Crippen LogP contribution in [0.25, 0.3) is 0 Å². The van der Waals surface area contributed by atoms with Gasteiger partial charge in [-0.25, -0.2) is 0 Å². The fourth-order valence-corrected chi connectivity index (χ4v) is 3.41. The van der Waals surface area contributed by atoms with E-state index in [9.17, 15) is 0 Å². The Morgan fingerprint density at radius 3 is 2.42 bits per heavy atom. The molecule has 0 bridgehead atoms. The van der Waals surface area contributed by atoms with Crippen LogP contribution >= 0.6 is 0 Å². The van der Waals surface area contributed by atoms with Crippen LogP contribution in [0.4, 0.5) is 0 Å². The molecular formula is C17H35NO. The van der Waals surface area contributed by atoms with Crippen LogP contribution in [-0.4, -0.2) is 26.3 Å². The average molecular weight is 269 g/mol. The van der Waals surface area contributed by atoms with Gasteiger partial charge in [-0.3, -0.25) is 0 Å². The summed E-state index contributed by atoms with van der Waals surface area (Å²) in [5.41, 5.74) is 0.571. The molecule has 0 aromatic heterocycles. The normalized spacial score (nSPS) is 23.2. The van der Waals surface area contributed by atoms with Gasteiger partial charge < -0.3 is 10.1 Å². The van der Waals surface area contributed by atoms with E-state index in [-0.39, 0.29) is 0 Å². The maximum atomic E-state index is 5.26. The minimum atomic E-state index is 0.571. The van der Waals surface area contributed by atoms with E-state index in [4.69, 9.17) is 4.74 Å². The summed E-state index contributed by atoms with van der Waals surface area (Å²) >= 11 is 0. The third-order valence-electron chi connectivity index (χ3n) is 4.91. The third-order valence-corrected chi connectivity index (χ3v) is 4.91. The molecule has 0 aromatic rings. The lowest BCUT2D eigenvalue weighted by Crippen LogP contribution is -2.44. The predicted octanol–water partition coefficient (Wildman–Crippen LogP) is 4.24. The average Bonchev–Trinajstić information content (AvgIpc) is 2.38. The highest BCUT2D eigenvalue weighted by Gasteiger charge is 2.33. The summed E-state index contributed by atoms with van der Waals surface area (Å²) < 4.78 is 5.26. The molecule has 0 spiro atoms. The van der Waals surface area contributed by atoms with Crippen LogP contribution in [0.15, 0.2) is 0 Å². The number of ether oxygens (including phenoxy) is 1. The summed E-state index contributed by atoms with van der Waals surface area (Å²) in [5.74, 6) is 1.59. The molecule has 1 fully saturated rings. The van der Waals surface area contributed by atoms with Crippen molar-refractivity contribution in [3.63, 3.8) is 0 Å². The van der Waals surface area contributed by atoms with Crippen LogP contribution < -0.4 is 5.32 Å². The van der Waals surface area contributed by atoms with Crippen molar-refractivity contribution in [1.82, 2.24) is 5.32 Å². The Balaban J connectivity index is 2.53. The molecule has 0 aromatic carbocycles. The van der Waals surface area contributed by atoms with E-state index in [1.807, 2.05) is 7.11 Å². The van der Waals surface area contributed by atoms with Gasteiger partial charge in [0, 0.05) is 19.8 Å². The summed E-state index contributed by atoms with van der Waals surface area (Å²) in [7, 11) is 1.81. The van der Waals surface area contributed by atoms with Crippen LogP contribution in [0.1, 0.15) is 66.2 Å². The Hall–Kier alpha value is -0.0800. The number of hydrogen-bond donors (Lipinski definition) is 1. The molecular weight excluding hydrogens is 234 g/mol. The predicted molar refractivity (Wildman–Crippen MR) is 83.5 cm³/mol. The molecule has 2 nitrogen and oxygen atoms in total. The molecule has 0 aliphatic heterocycles. The molecule has 1 aliphatic carbocycles. The second kappa shape index (κ2) is 8.26. The Bertz CT molecular complexity index is 229. The number of methoxy groups -OCH3 is 1. The van der Waals surface area contributed by atoms with E-state index in [1.54, 1.807) is 0 Å². The number of nitrogens with one attached hydrogen (secondary N) is 1. The highest BCUT2D eigenvalue weighted by Crippen LogP contribution is 2.40. The van der Waals surface area contributed by atoms with Gasteiger partial charge in [-0.15, -0.1) is 0 Å². The number of hydrogen-bond acceptors (Lipinski definition) is 2. The van der Waals surface area contributed by atoms with E-state index in [0.29, 0.717) is 11.5 Å². The monoisotopic (exact) mass is 269 g/mol. The van der Waals surface area contributed by atoms with Crippen molar-refractivity contribution in [2.45, 2.75) is 72.3 Å². The summed E-state index contributed by atoms with van der Waals surface area (Å²) in [6, 6.07) is 0.686. The molecule has 0 heterocycles. The zero-order valence-electron chi connectivity index (χ0n) is 13.8. The molecule has 1 N–H and O–H groups in total. The Morgan fingerprint density at radius 2 is 1.89 bits per heavy atom. The highest BCUT2D eigenvalue weighted by atomic mass is 16.5. The lowest BCUT2D eigenvalue weighted by atomic mass is 9.69. The lowest BCUT2D eigenvalue weighted by Gasteiger charge is -2.40. The van der Waals surface area contributed by atoms with Crippen molar-refractivity contribution in [3.05, 3.63) is 0 Å². The second-order valence-electron chi connectivity index (χ2n) is 7.24. The van der Waals surface area contributed by atoms with Crippen LogP contribution in [0, 0.1) is 17.3 Å². The van der Waals surface area contributed by atoms with Crippen molar-refractivity contribution >= 4 is 0 Å². The largest absolute Gasteiger partial charge is 0.385 e. The first kappa shape index (κ1) is 17.0. The Labute approximate surface area is 120 Å². The van der Waals surface area contributed by atoms with Crippen molar-refractivity contribution in [2.75, 3.05) is 20.3 Å². The molecule has 1 rings (SSSR count). The molecule has 2 heteroatoms. The molecule has 0 radical (unpaired) electrons. The van der Waals surface area contributed by atoms with Gasteiger partial charge in [0.05, 0.1) is 0 Å². The maximum Gasteiger partial charge on any atom is 0.0465 e. The smallest absolute Gasteiger partial charge is 0.0465 e. The minimum Gasteiger partial charge on any atom is -0.385 e. The van der Waals surface area contributed by atoms with Gasteiger partial charge >= 0.3 is 0 Å². The van der Waals surface area contributed by atoms with E-state index >= 15 is 0 Å². The van der Waals surface area contributed by atoms with Crippen LogP contribution in [0.5, 0.6) is 0 Å². The van der Waals surface area contributed by atoms with Crippen LogP contribution in [0.2, 0.25) is 0 Å². The summed E-state index contributed by atoms with van der Waals surface area (Å²) in [6.07, 6.45) is 7.97. The first-order chi connectivity index (χ1) is 9.00. The van der Waals surface area contributed by atoms with Crippen molar-refractivity contribution in [2.24, 2.45) is 17.3 Å². The van der Waals surface area contributed by atoms with Gasteiger partial charge in [-0.1, -0.05) is 27.7 Å². The molecule has 2 atom stereocenters. The van der Waals surface area contributed by atoms with Gasteiger partial charge in [0.1, 0.15) is 0 Å². The summed E-state index contributed by atoms with van der Waals surface area (Å²) in [4.78, 5) is 0. The maximum absolute atomic E-state index is 5.26. The number of rotatable bonds is 8. The van der Waals surface area contributed by atoms with Crippen LogP contribution in [-0.2, 0) is 4.74 Å². The van der Waals surface area contributed by atoms with E-state index in [2.05, 4.69) is 33.0 Å². The molecule has 0 saturated heterocycles. The van der Waals surface area contributed by atoms with Crippen LogP contribution in [0.3, 0.4) is 0 Å². The Morgan fingerprint density at radius 1 is 1.26 bits per heavy atom. The molecule has 1 saturated carbocycles. The van der Waals surface area contributed by atoms with Gasteiger partial charge in [0.2, 0.25) is 0 Å². The quantitative estimate of drug-likeness (QED) is 0.711. The molecule has 19 heavy (non-hydrogen) atoms. The molecule has 114 valence electrons. The second-order valence-corrected chi connectivity index (χ2v) is 7.24. The van der Waals surface area contributed by atoms with Gasteiger partial charge in [0.15, 0.2) is 0 Å². The standard InChI is InChI=1S/C17H35NO/c1-6-12-18-16(14(2)9-13-19-5)15-7-10-17(3,4)11-8-15/h14-16,18H,6-13H2,1-5H3. The fourth-order valence-electron chi connectivity index (χ4n) is 3.41. The fraction of sp³-hybridized carbons (Fsp3) is 1.00. The topological polar surface area (TPSA) is 21.3 Å². The lowest BCUT2D eigenvalue weighted by molar-refractivity contribution is 0.118. The first-order valence-corrected chi connectivity index (χ1v) is 8.22. The van der Waals surface area contributed by atoms with Crippen molar-refractivity contribution < 1.29 is 4.74 Å². The zero-order valence-corrected chi connectivity index (χ0v) is 13.8. The Kier molecular flexibility index (Phi) is 7.38. The summed E-state index contributed by atoms with van der Waals surface area (Å²) in [6.45, 7) is 11.5. The zero-order chi connectivity index (χ0) is 14.3. The summed E-state index contributed by atoms with van der Waals surface area (Å²) in [5, 5.41) is 3.82.